The van der Waals surface area contributed by atoms with Gasteiger partial charge in [0.05, 0.1) is 0 Å². The maximum absolute atomic E-state index is 5.87. The van der Waals surface area contributed by atoms with Crippen LogP contribution >= 0.6 is 0 Å². The maximum atomic E-state index is 5.87. The number of anilines is 2. The second kappa shape index (κ2) is 4.83. The molecule has 2 heteroatoms. The van der Waals surface area contributed by atoms with Gasteiger partial charge in [0.15, 0.2) is 0 Å². The molecule has 1 heterocycles. The van der Waals surface area contributed by atoms with Crippen molar-refractivity contribution in [2.75, 3.05) is 23.7 Å². The number of piperidine rings is 1. The van der Waals surface area contributed by atoms with Crippen molar-refractivity contribution in [1.29, 1.82) is 0 Å². The minimum atomic E-state index is 0.690. The van der Waals surface area contributed by atoms with Crippen molar-refractivity contribution in [3.05, 3.63) is 24.3 Å². The van der Waals surface area contributed by atoms with Crippen LogP contribution in [0.3, 0.4) is 0 Å². The van der Waals surface area contributed by atoms with Crippen molar-refractivity contribution in [2.24, 2.45) is 5.41 Å². The van der Waals surface area contributed by atoms with Gasteiger partial charge in [0.25, 0.3) is 0 Å². The first-order chi connectivity index (χ1) is 8.77. The Balaban J connectivity index is 1.66. The Hall–Kier alpha value is -1.18. The number of nitrogen functional groups attached to an aromatic ring is 1. The van der Waals surface area contributed by atoms with E-state index in [1.54, 1.807) is 0 Å². The predicted molar refractivity (Wildman–Crippen MR) is 77.8 cm³/mol. The topological polar surface area (TPSA) is 29.3 Å². The van der Waals surface area contributed by atoms with E-state index >= 15 is 0 Å². The van der Waals surface area contributed by atoms with Crippen LogP contribution in [0.5, 0.6) is 0 Å². The zero-order valence-corrected chi connectivity index (χ0v) is 11.2. The normalized spacial score (nSPS) is 23.2. The van der Waals surface area contributed by atoms with Crippen LogP contribution in [0.25, 0.3) is 0 Å². The highest BCUT2D eigenvalue weighted by Crippen LogP contribution is 2.45. The Morgan fingerprint density at radius 2 is 1.67 bits per heavy atom. The molecule has 0 radical (unpaired) electrons. The molecule has 2 N–H and O–H groups in total. The molecule has 2 aliphatic rings. The van der Waals surface area contributed by atoms with Crippen LogP contribution in [0.15, 0.2) is 24.3 Å². The van der Waals surface area contributed by atoms with E-state index in [0.717, 1.165) is 5.69 Å². The molecule has 1 spiro atoms. The van der Waals surface area contributed by atoms with Crippen LogP contribution in [-0.2, 0) is 0 Å². The number of rotatable bonds is 1. The molecule has 1 aliphatic heterocycles. The van der Waals surface area contributed by atoms with Gasteiger partial charge in [-0.15, -0.1) is 0 Å². The highest BCUT2D eigenvalue weighted by molar-refractivity contribution is 5.56. The first-order valence-corrected chi connectivity index (χ1v) is 7.38. The number of nitrogens with zero attached hydrogens (tertiary/aromatic N) is 1. The Morgan fingerprint density at radius 1 is 0.944 bits per heavy atom. The third kappa shape index (κ3) is 2.33. The molecule has 0 unspecified atom stereocenters. The SMILES string of the molecule is Nc1cccc(N2CCC3(CCCCC3)CC2)c1. The molecular weight excluding hydrogens is 220 g/mol. The monoisotopic (exact) mass is 244 g/mol. The Morgan fingerprint density at radius 3 is 2.33 bits per heavy atom. The smallest absolute Gasteiger partial charge is 0.0386 e. The Kier molecular flexibility index (Phi) is 3.19. The largest absolute Gasteiger partial charge is 0.399 e. The molecule has 1 saturated carbocycles. The average Bonchev–Trinajstić information content (AvgIpc) is 2.40. The van der Waals surface area contributed by atoms with Crippen molar-refractivity contribution >= 4 is 11.4 Å². The number of hydrogen-bond acceptors (Lipinski definition) is 2. The molecule has 0 atom stereocenters. The van der Waals surface area contributed by atoms with Gasteiger partial charge in [0.1, 0.15) is 0 Å². The summed E-state index contributed by atoms with van der Waals surface area (Å²) in [6, 6.07) is 8.33. The van der Waals surface area contributed by atoms with Crippen molar-refractivity contribution in [3.8, 4) is 0 Å². The van der Waals surface area contributed by atoms with E-state index in [9.17, 15) is 0 Å². The summed E-state index contributed by atoms with van der Waals surface area (Å²) in [5.41, 5.74) is 8.75. The molecule has 98 valence electrons. The molecule has 3 rings (SSSR count). The van der Waals surface area contributed by atoms with Crippen LogP contribution in [0.1, 0.15) is 44.9 Å². The lowest BCUT2D eigenvalue weighted by atomic mass is 9.68. The quantitative estimate of drug-likeness (QED) is 0.761. The lowest BCUT2D eigenvalue weighted by molar-refractivity contribution is 0.144. The fraction of sp³-hybridized carbons (Fsp3) is 0.625. The van der Waals surface area contributed by atoms with Crippen molar-refractivity contribution in [3.63, 3.8) is 0 Å². The van der Waals surface area contributed by atoms with E-state index < -0.39 is 0 Å². The number of hydrogen-bond donors (Lipinski definition) is 1. The number of nitrogens with two attached hydrogens (primary N) is 1. The maximum Gasteiger partial charge on any atom is 0.0386 e. The summed E-state index contributed by atoms with van der Waals surface area (Å²) >= 11 is 0. The van der Waals surface area contributed by atoms with Gasteiger partial charge in [-0.25, -0.2) is 0 Å². The van der Waals surface area contributed by atoms with E-state index in [-0.39, 0.29) is 0 Å². The van der Waals surface area contributed by atoms with Crippen LogP contribution < -0.4 is 10.6 Å². The molecule has 1 aromatic carbocycles. The highest BCUT2D eigenvalue weighted by atomic mass is 15.1. The molecule has 0 aromatic heterocycles. The van der Waals surface area contributed by atoms with Crippen molar-refractivity contribution < 1.29 is 0 Å². The van der Waals surface area contributed by atoms with Crippen molar-refractivity contribution in [2.45, 2.75) is 44.9 Å². The zero-order valence-electron chi connectivity index (χ0n) is 11.2. The second-order valence-corrected chi connectivity index (χ2v) is 6.14. The molecule has 2 fully saturated rings. The van der Waals surface area contributed by atoms with Crippen LogP contribution in [0.2, 0.25) is 0 Å². The standard InChI is InChI=1S/C16H24N2/c17-14-5-4-6-15(13-14)18-11-9-16(10-12-18)7-2-1-3-8-16/h4-6,13H,1-3,7-12,17H2. The van der Waals surface area contributed by atoms with Crippen molar-refractivity contribution in [1.82, 2.24) is 0 Å². The van der Waals surface area contributed by atoms with Gasteiger partial charge in [-0.3, -0.25) is 0 Å². The lowest BCUT2D eigenvalue weighted by Crippen LogP contribution is -2.41. The highest BCUT2D eigenvalue weighted by Gasteiger charge is 2.35. The fourth-order valence-electron chi connectivity index (χ4n) is 3.76. The molecule has 1 aliphatic carbocycles. The first-order valence-electron chi connectivity index (χ1n) is 7.38. The average molecular weight is 244 g/mol. The van der Waals surface area contributed by atoms with E-state index in [1.807, 2.05) is 6.07 Å². The van der Waals surface area contributed by atoms with Crippen LogP contribution in [0, 0.1) is 5.41 Å². The van der Waals surface area contributed by atoms with Gasteiger partial charge >= 0.3 is 0 Å². The molecule has 1 aromatic rings. The lowest BCUT2D eigenvalue weighted by Gasteiger charge is -2.45. The minimum Gasteiger partial charge on any atom is -0.399 e. The van der Waals surface area contributed by atoms with Crippen LogP contribution in [-0.4, -0.2) is 13.1 Å². The number of benzene rings is 1. The van der Waals surface area contributed by atoms with E-state index in [1.165, 1.54) is 63.7 Å². The van der Waals surface area contributed by atoms with Gasteiger partial charge < -0.3 is 10.6 Å². The molecule has 18 heavy (non-hydrogen) atoms. The van der Waals surface area contributed by atoms with Gasteiger partial charge in [0, 0.05) is 24.5 Å². The third-order valence-corrected chi connectivity index (χ3v) is 4.97. The molecule has 2 nitrogen and oxygen atoms in total. The molecular formula is C16H24N2. The summed E-state index contributed by atoms with van der Waals surface area (Å²) in [6.07, 6.45) is 10.1. The summed E-state index contributed by atoms with van der Waals surface area (Å²) in [4.78, 5) is 2.51. The second-order valence-electron chi connectivity index (χ2n) is 6.14. The molecule has 1 saturated heterocycles. The summed E-state index contributed by atoms with van der Waals surface area (Å²) in [6.45, 7) is 2.42. The minimum absolute atomic E-state index is 0.690. The Bertz CT molecular complexity index is 397. The van der Waals surface area contributed by atoms with E-state index in [2.05, 4.69) is 23.1 Å². The summed E-state index contributed by atoms with van der Waals surface area (Å²) in [5, 5.41) is 0. The van der Waals surface area contributed by atoms with Gasteiger partial charge in [-0.1, -0.05) is 25.3 Å². The van der Waals surface area contributed by atoms with Crippen LogP contribution in [0.4, 0.5) is 11.4 Å². The summed E-state index contributed by atoms with van der Waals surface area (Å²) in [7, 11) is 0. The summed E-state index contributed by atoms with van der Waals surface area (Å²) in [5.74, 6) is 0. The van der Waals surface area contributed by atoms with Gasteiger partial charge in [-0.05, 0) is 49.3 Å². The zero-order chi connectivity index (χ0) is 12.4. The summed E-state index contributed by atoms with van der Waals surface area (Å²) < 4.78 is 0. The third-order valence-electron chi connectivity index (χ3n) is 4.97. The fourth-order valence-corrected chi connectivity index (χ4v) is 3.76. The van der Waals surface area contributed by atoms with Gasteiger partial charge in [-0.2, -0.15) is 0 Å². The first kappa shape index (κ1) is 11.9. The molecule has 0 amide bonds. The predicted octanol–water partition coefficient (Wildman–Crippen LogP) is 3.82. The Labute approximate surface area is 110 Å². The molecule has 0 bridgehead atoms. The van der Waals surface area contributed by atoms with E-state index in [0.29, 0.717) is 5.41 Å². The van der Waals surface area contributed by atoms with Gasteiger partial charge in [0.2, 0.25) is 0 Å². The van der Waals surface area contributed by atoms with E-state index in [4.69, 9.17) is 5.73 Å².